The molecule has 24 heavy (non-hydrogen) atoms. The lowest BCUT2D eigenvalue weighted by Gasteiger charge is -2.26. The number of aryl methyl sites for hydroxylation is 1. The average molecular weight is 324 g/mol. The van der Waals surface area contributed by atoms with Gasteiger partial charge < -0.3 is 0 Å². The molecule has 2 aromatic carbocycles. The van der Waals surface area contributed by atoms with E-state index in [1.807, 2.05) is 30.3 Å². The molecule has 0 aliphatic heterocycles. The Morgan fingerprint density at radius 2 is 1.92 bits per heavy atom. The molecule has 0 fully saturated rings. The van der Waals surface area contributed by atoms with Gasteiger partial charge in [0.2, 0.25) is 0 Å². The number of rotatable bonds is 5. The standard InChI is InChI=1S/C22H22F2/c1-2-3-8-17-9-6-10-18(15-17)20-12-4-5-13-21(20)22(24)14-7-11-19(23)16-22/h4-7,9-13,15-16H,2-3,8,14H2,1H3. The number of halogens is 2. The van der Waals surface area contributed by atoms with Gasteiger partial charge >= 0.3 is 0 Å². The highest BCUT2D eigenvalue weighted by Crippen LogP contribution is 2.41. The van der Waals surface area contributed by atoms with Gasteiger partial charge in [-0.15, -0.1) is 0 Å². The fourth-order valence-electron chi connectivity index (χ4n) is 3.23. The zero-order valence-corrected chi connectivity index (χ0v) is 13.9. The van der Waals surface area contributed by atoms with E-state index in [2.05, 4.69) is 19.1 Å². The first-order valence-electron chi connectivity index (χ1n) is 8.55. The van der Waals surface area contributed by atoms with E-state index in [0.29, 0.717) is 5.56 Å². The van der Waals surface area contributed by atoms with Gasteiger partial charge in [0.05, 0.1) is 0 Å². The lowest BCUT2D eigenvalue weighted by molar-refractivity contribution is 0.231. The highest BCUT2D eigenvalue weighted by Gasteiger charge is 2.33. The number of unbranched alkanes of at least 4 members (excludes halogenated alkanes) is 1. The second-order valence-corrected chi connectivity index (χ2v) is 6.35. The van der Waals surface area contributed by atoms with Crippen molar-refractivity contribution in [2.24, 2.45) is 0 Å². The molecule has 0 N–H and O–H groups in total. The van der Waals surface area contributed by atoms with Gasteiger partial charge in [0.25, 0.3) is 0 Å². The molecule has 0 saturated heterocycles. The van der Waals surface area contributed by atoms with Crippen LogP contribution in [-0.2, 0) is 12.1 Å². The summed E-state index contributed by atoms with van der Waals surface area (Å²) in [6, 6.07) is 15.6. The van der Waals surface area contributed by atoms with Crippen LogP contribution in [0.5, 0.6) is 0 Å². The molecule has 3 rings (SSSR count). The fraction of sp³-hybridized carbons (Fsp3) is 0.273. The zero-order chi connectivity index (χ0) is 17.0. The Balaban J connectivity index is 2.03. The molecule has 0 amide bonds. The number of benzene rings is 2. The highest BCUT2D eigenvalue weighted by molar-refractivity contribution is 5.70. The van der Waals surface area contributed by atoms with Gasteiger partial charge in [-0.3, -0.25) is 0 Å². The summed E-state index contributed by atoms with van der Waals surface area (Å²) in [6.45, 7) is 2.17. The van der Waals surface area contributed by atoms with Crippen LogP contribution in [0, 0.1) is 0 Å². The Morgan fingerprint density at radius 1 is 1.08 bits per heavy atom. The topological polar surface area (TPSA) is 0 Å². The smallest absolute Gasteiger partial charge is 0.161 e. The van der Waals surface area contributed by atoms with Crippen LogP contribution in [0.1, 0.15) is 37.3 Å². The van der Waals surface area contributed by atoms with Crippen molar-refractivity contribution in [1.82, 2.24) is 0 Å². The summed E-state index contributed by atoms with van der Waals surface area (Å²) in [5.74, 6) is -0.518. The van der Waals surface area contributed by atoms with Gasteiger partial charge in [0, 0.05) is 12.0 Å². The molecule has 0 heterocycles. The maximum Gasteiger partial charge on any atom is 0.161 e. The molecule has 1 aliphatic rings. The second kappa shape index (κ2) is 7.12. The Kier molecular flexibility index (Phi) is 4.94. The lowest BCUT2D eigenvalue weighted by Crippen LogP contribution is -2.19. The summed E-state index contributed by atoms with van der Waals surface area (Å²) >= 11 is 0. The third-order valence-electron chi connectivity index (χ3n) is 4.49. The largest absolute Gasteiger partial charge is 0.234 e. The minimum atomic E-state index is -1.80. The number of hydrogen-bond acceptors (Lipinski definition) is 0. The van der Waals surface area contributed by atoms with E-state index in [9.17, 15) is 4.39 Å². The third-order valence-corrected chi connectivity index (χ3v) is 4.49. The summed E-state index contributed by atoms with van der Waals surface area (Å²) < 4.78 is 29.1. The van der Waals surface area contributed by atoms with E-state index < -0.39 is 11.5 Å². The summed E-state index contributed by atoms with van der Waals surface area (Å²) in [5, 5.41) is 0. The molecule has 0 saturated carbocycles. The van der Waals surface area contributed by atoms with Crippen molar-refractivity contribution in [2.45, 2.75) is 38.3 Å². The summed E-state index contributed by atoms with van der Waals surface area (Å²) in [6.07, 6.45) is 7.43. The monoisotopic (exact) mass is 324 g/mol. The van der Waals surface area contributed by atoms with Gasteiger partial charge in [-0.1, -0.05) is 68.0 Å². The quantitative estimate of drug-likeness (QED) is 0.576. The molecule has 0 bridgehead atoms. The predicted octanol–water partition coefficient (Wildman–Crippen LogP) is 6.67. The van der Waals surface area contributed by atoms with Crippen LogP contribution >= 0.6 is 0 Å². The summed E-state index contributed by atoms with van der Waals surface area (Å²) in [5.41, 5.74) is 1.80. The molecule has 2 heteroatoms. The van der Waals surface area contributed by atoms with Crippen molar-refractivity contribution in [3.8, 4) is 11.1 Å². The SMILES string of the molecule is CCCCc1cccc(-c2ccccc2C2(F)C=C(F)C=CC2)c1. The zero-order valence-electron chi connectivity index (χ0n) is 13.9. The Bertz CT molecular complexity index is 773. The number of allylic oxidation sites excluding steroid dienone is 4. The van der Waals surface area contributed by atoms with Gasteiger partial charge in [-0.2, -0.15) is 0 Å². The van der Waals surface area contributed by atoms with Crippen molar-refractivity contribution in [2.75, 3.05) is 0 Å². The average Bonchev–Trinajstić information content (AvgIpc) is 2.60. The minimum absolute atomic E-state index is 0.160. The van der Waals surface area contributed by atoms with Crippen LogP contribution in [0.25, 0.3) is 11.1 Å². The first kappa shape index (κ1) is 16.6. The number of hydrogen-bond donors (Lipinski definition) is 0. The van der Waals surface area contributed by atoms with Crippen LogP contribution in [0.3, 0.4) is 0 Å². The lowest BCUT2D eigenvalue weighted by atomic mass is 9.83. The molecule has 0 aromatic heterocycles. The van der Waals surface area contributed by atoms with E-state index in [0.717, 1.165) is 36.5 Å². The molecule has 1 unspecified atom stereocenters. The van der Waals surface area contributed by atoms with Crippen molar-refractivity contribution in [3.63, 3.8) is 0 Å². The molecule has 1 atom stereocenters. The van der Waals surface area contributed by atoms with E-state index in [4.69, 9.17) is 0 Å². The van der Waals surface area contributed by atoms with Crippen LogP contribution in [-0.4, -0.2) is 0 Å². The molecule has 124 valence electrons. The van der Waals surface area contributed by atoms with Crippen molar-refractivity contribution < 1.29 is 8.78 Å². The molecule has 0 spiro atoms. The van der Waals surface area contributed by atoms with Crippen molar-refractivity contribution in [1.29, 1.82) is 0 Å². The van der Waals surface area contributed by atoms with Crippen LogP contribution in [0.15, 0.2) is 72.6 Å². The second-order valence-electron chi connectivity index (χ2n) is 6.35. The highest BCUT2D eigenvalue weighted by atomic mass is 19.1. The van der Waals surface area contributed by atoms with E-state index >= 15 is 4.39 Å². The van der Waals surface area contributed by atoms with Crippen LogP contribution < -0.4 is 0 Å². The molecular formula is C22H22F2. The van der Waals surface area contributed by atoms with Gasteiger partial charge in [0.1, 0.15) is 5.83 Å². The summed E-state index contributed by atoms with van der Waals surface area (Å²) in [4.78, 5) is 0. The Morgan fingerprint density at radius 3 is 2.71 bits per heavy atom. The normalized spacial score (nSPS) is 20.0. The first-order valence-corrected chi connectivity index (χ1v) is 8.55. The van der Waals surface area contributed by atoms with E-state index in [-0.39, 0.29) is 6.42 Å². The van der Waals surface area contributed by atoms with E-state index in [1.54, 1.807) is 12.1 Å². The fourth-order valence-corrected chi connectivity index (χ4v) is 3.23. The number of alkyl halides is 1. The predicted molar refractivity (Wildman–Crippen MR) is 96.2 cm³/mol. The van der Waals surface area contributed by atoms with E-state index in [1.165, 1.54) is 11.6 Å². The van der Waals surface area contributed by atoms with Crippen molar-refractivity contribution in [3.05, 3.63) is 83.7 Å². The maximum atomic E-state index is 15.4. The van der Waals surface area contributed by atoms with Gasteiger partial charge in [0.15, 0.2) is 5.67 Å². The van der Waals surface area contributed by atoms with Crippen molar-refractivity contribution >= 4 is 0 Å². The van der Waals surface area contributed by atoms with Gasteiger partial charge in [-0.05, 0) is 41.7 Å². The Hall–Kier alpha value is -2.22. The van der Waals surface area contributed by atoms with Gasteiger partial charge in [-0.25, -0.2) is 8.78 Å². The molecule has 0 nitrogen and oxygen atoms in total. The van der Waals surface area contributed by atoms with Crippen LogP contribution in [0.2, 0.25) is 0 Å². The molecule has 1 aliphatic carbocycles. The Labute approximate surface area is 142 Å². The third kappa shape index (κ3) is 3.48. The summed E-state index contributed by atoms with van der Waals surface area (Å²) in [7, 11) is 0. The molecule has 2 aromatic rings. The maximum absolute atomic E-state index is 15.4. The minimum Gasteiger partial charge on any atom is -0.234 e. The van der Waals surface area contributed by atoms with Crippen LogP contribution in [0.4, 0.5) is 8.78 Å². The molecular weight excluding hydrogens is 302 g/mol. The molecule has 0 radical (unpaired) electrons. The first-order chi connectivity index (χ1) is 11.6.